The van der Waals surface area contributed by atoms with Gasteiger partial charge in [0.15, 0.2) is 0 Å². The highest BCUT2D eigenvalue weighted by Crippen LogP contribution is 2.29. The van der Waals surface area contributed by atoms with E-state index in [4.69, 9.17) is 22.1 Å². The minimum absolute atomic E-state index is 0. The maximum atomic E-state index is 12.8. The Hall–Kier alpha value is -1.95. The molecule has 2 unspecified atom stereocenters. The van der Waals surface area contributed by atoms with Gasteiger partial charge in [0.25, 0.3) is 5.91 Å². The third-order valence-corrected chi connectivity index (χ3v) is 5.45. The molecule has 2 aromatic rings. The number of methoxy groups -OCH3 is 1. The number of nitrogens with zero attached hydrogens (tertiary/aromatic N) is 1. The first kappa shape index (κ1) is 22.3. The fourth-order valence-electron chi connectivity index (χ4n) is 3.59. The van der Waals surface area contributed by atoms with Crippen molar-refractivity contribution >= 4 is 35.6 Å². The number of carbonyl (C=O) groups excluding carboxylic acids is 1. The molecule has 5 nitrogen and oxygen atoms in total. The van der Waals surface area contributed by atoms with Gasteiger partial charge in [-0.15, -0.1) is 12.4 Å². The van der Waals surface area contributed by atoms with Gasteiger partial charge in [0.1, 0.15) is 5.75 Å². The number of piperidine rings is 1. The fourth-order valence-corrected chi connectivity index (χ4v) is 3.76. The molecule has 0 spiro atoms. The molecule has 2 aromatic carbocycles. The van der Waals surface area contributed by atoms with Crippen LogP contribution in [0, 0.1) is 5.92 Å². The Balaban J connectivity index is 0.00000280. The zero-order chi connectivity index (χ0) is 19.4. The zero-order valence-corrected chi connectivity index (χ0v) is 17.7. The third kappa shape index (κ3) is 5.31. The second kappa shape index (κ2) is 10.0. The summed E-state index contributed by atoms with van der Waals surface area (Å²) in [5.41, 5.74) is 7.92. The predicted octanol–water partition coefficient (Wildman–Crippen LogP) is 3.99. The Morgan fingerprint density at radius 2 is 2.04 bits per heavy atom. The van der Waals surface area contributed by atoms with Crippen LogP contribution in [-0.2, 0) is 6.54 Å². The van der Waals surface area contributed by atoms with Crippen molar-refractivity contribution in [3.05, 3.63) is 58.6 Å². The molecule has 1 aliphatic heterocycles. The average molecular weight is 424 g/mol. The number of ether oxygens (including phenoxy) is 1. The van der Waals surface area contributed by atoms with Gasteiger partial charge in [-0.3, -0.25) is 9.69 Å². The molecule has 3 rings (SSSR count). The van der Waals surface area contributed by atoms with Crippen LogP contribution in [0.1, 0.15) is 29.3 Å². The number of halogens is 2. The minimum Gasteiger partial charge on any atom is -0.496 e. The highest BCUT2D eigenvalue weighted by molar-refractivity contribution is 6.33. The molecule has 28 heavy (non-hydrogen) atoms. The number of hydrogen-bond donors (Lipinski definition) is 2. The lowest BCUT2D eigenvalue weighted by atomic mass is 9.93. The number of benzene rings is 2. The number of amides is 1. The van der Waals surface area contributed by atoms with E-state index in [1.165, 1.54) is 12.7 Å². The second-order valence-corrected chi connectivity index (χ2v) is 7.55. The van der Waals surface area contributed by atoms with Crippen molar-refractivity contribution in [3.8, 4) is 5.75 Å². The van der Waals surface area contributed by atoms with Crippen molar-refractivity contribution in [2.45, 2.75) is 25.9 Å². The van der Waals surface area contributed by atoms with E-state index in [1.54, 1.807) is 12.1 Å². The Morgan fingerprint density at radius 3 is 2.68 bits per heavy atom. The molecule has 0 aromatic heterocycles. The summed E-state index contributed by atoms with van der Waals surface area (Å²) in [7, 11) is 1.52. The van der Waals surface area contributed by atoms with Crippen molar-refractivity contribution in [2.75, 3.05) is 25.9 Å². The molecule has 0 bridgehead atoms. The van der Waals surface area contributed by atoms with Gasteiger partial charge < -0.3 is 15.8 Å². The van der Waals surface area contributed by atoms with Gasteiger partial charge >= 0.3 is 0 Å². The van der Waals surface area contributed by atoms with Gasteiger partial charge in [0, 0.05) is 31.7 Å². The number of likely N-dealkylation sites (tertiary alicyclic amines) is 1. The molecular weight excluding hydrogens is 397 g/mol. The normalized spacial score (nSPS) is 19.5. The van der Waals surface area contributed by atoms with Crippen LogP contribution in [0.4, 0.5) is 5.69 Å². The summed E-state index contributed by atoms with van der Waals surface area (Å²) in [6, 6.07) is 13.7. The Labute approximate surface area is 177 Å². The summed E-state index contributed by atoms with van der Waals surface area (Å²) < 4.78 is 5.29. The van der Waals surface area contributed by atoms with Crippen LogP contribution >= 0.6 is 24.0 Å². The summed E-state index contributed by atoms with van der Waals surface area (Å²) in [6.45, 7) is 5.01. The van der Waals surface area contributed by atoms with Crippen LogP contribution in [-0.4, -0.2) is 37.0 Å². The largest absolute Gasteiger partial charge is 0.496 e. The molecule has 1 amide bonds. The van der Waals surface area contributed by atoms with Gasteiger partial charge in [-0.25, -0.2) is 0 Å². The van der Waals surface area contributed by atoms with Gasteiger partial charge in [0.2, 0.25) is 0 Å². The zero-order valence-electron chi connectivity index (χ0n) is 16.2. The van der Waals surface area contributed by atoms with Crippen LogP contribution in [0.5, 0.6) is 5.75 Å². The smallest absolute Gasteiger partial charge is 0.255 e. The molecule has 0 radical (unpaired) electrons. The summed E-state index contributed by atoms with van der Waals surface area (Å²) >= 11 is 6.09. The number of anilines is 1. The maximum absolute atomic E-state index is 12.8. The molecule has 7 heteroatoms. The number of nitrogen functional groups attached to an aromatic ring is 1. The lowest BCUT2D eigenvalue weighted by Gasteiger charge is -2.37. The number of nitrogens with one attached hydrogen (secondary N) is 1. The first-order valence-electron chi connectivity index (χ1n) is 9.18. The predicted molar refractivity (Wildman–Crippen MR) is 116 cm³/mol. The van der Waals surface area contributed by atoms with Crippen LogP contribution in [0.15, 0.2) is 42.5 Å². The molecule has 1 saturated heterocycles. The van der Waals surface area contributed by atoms with Crippen molar-refractivity contribution in [1.82, 2.24) is 10.2 Å². The summed E-state index contributed by atoms with van der Waals surface area (Å²) in [4.78, 5) is 15.2. The third-order valence-electron chi connectivity index (χ3n) is 5.12. The first-order valence-corrected chi connectivity index (χ1v) is 9.56. The Bertz CT molecular complexity index is 802. The standard InChI is InChI=1S/C21H26ClN3O2.ClH/c1-14-12-25(13-15-6-4-3-5-7-15)9-8-19(14)24-21(26)16-10-17(22)18(23)11-20(16)27-2;/h3-7,10-11,14,19H,8-9,12-13,23H2,1-2H3,(H,24,26);1H. The number of rotatable bonds is 5. The van der Waals surface area contributed by atoms with Gasteiger partial charge in [0.05, 0.1) is 23.4 Å². The van der Waals surface area contributed by atoms with Gasteiger partial charge in [-0.1, -0.05) is 48.9 Å². The molecular formula is C21H27Cl2N3O2. The van der Waals surface area contributed by atoms with Crippen molar-refractivity contribution in [1.29, 1.82) is 0 Å². The monoisotopic (exact) mass is 423 g/mol. The lowest BCUT2D eigenvalue weighted by Crippen LogP contribution is -2.49. The van der Waals surface area contributed by atoms with Crippen LogP contribution < -0.4 is 15.8 Å². The topological polar surface area (TPSA) is 67.6 Å². The average Bonchev–Trinajstić information content (AvgIpc) is 2.66. The first-order chi connectivity index (χ1) is 13.0. The lowest BCUT2D eigenvalue weighted by molar-refractivity contribution is 0.0857. The van der Waals surface area contributed by atoms with E-state index < -0.39 is 0 Å². The maximum Gasteiger partial charge on any atom is 0.255 e. The van der Waals surface area contributed by atoms with Crippen LogP contribution in [0.25, 0.3) is 0 Å². The van der Waals surface area contributed by atoms with E-state index in [1.807, 2.05) is 6.07 Å². The second-order valence-electron chi connectivity index (χ2n) is 7.14. The molecule has 1 aliphatic rings. The molecule has 3 N–H and O–H groups in total. The molecule has 0 saturated carbocycles. The van der Waals surface area contributed by atoms with E-state index in [9.17, 15) is 4.79 Å². The highest BCUT2D eigenvalue weighted by Gasteiger charge is 2.28. The molecule has 1 heterocycles. The van der Waals surface area contributed by atoms with Crippen molar-refractivity contribution in [3.63, 3.8) is 0 Å². The fraction of sp³-hybridized carbons (Fsp3) is 0.381. The van der Waals surface area contributed by atoms with Crippen molar-refractivity contribution < 1.29 is 9.53 Å². The SMILES string of the molecule is COc1cc(N)c(Cl)cc1C(=O)NC1CCN(Cc2ccccc2)CC1C.Cl. The molecule has 152 valence electrons. The van der Waals surface area contributed by atoms with Crippen molar-refractivity contribution in [2.24, 2.45) is 5.92 Å². The van der Waals surface area contributed by atoms with E-state index in [-0.39, 0.29) is 24.4 Å². The minimum atomic E-state index is -0.179. The number of nitrogens with two attached hydrogens (primary N) is 1. The van der Waals surface area contributed by atoms with E-state index in [0.29, 0.717) is 27.9 Å². The number of hydrogen-bond acceptors (Lipinski definition) is 4. The Kier molecular flexibility index (Phi) is 7.98. The van der Waals surface area contributed by atoms with Crippen LogP contribution in [0.3, 0.4) is 0 Å². The quantitative estimate of drug-likeness (QED) is 0.713. The molecule has 0 aliphatic carbocycles. The summed E-state index contributed by atoms with van der Waals surface area (Å²) in [6.07, 6.45) is 0.908. The van der Waals surface area contributed by atoms with Gasteiger partial charge in [-0.2, -0.15) is 0 Å². The van der Waals surface area contributed by atoms with E-state index in [2.05, 4.69) is 41.4 Å². The summed E-state index contributed by atoms with van der Waals surface area (Å²) in [5.74, 6) is 0.604. The summed E-state index contributed by atoms with van der Waals surface area (Å²) in [5, 5.41) is 3.50. The van der Waals surface area contributed by atoms with E-state index in [0.717, 1.165) is 26.1 Å². The number of carbonyl (C=O) groups is 1. The van der Waals surface area contributed by atoms with E-state index >= 15 is 0 Å². The van der Waals surface area contributed by atoms with Gasteiger partial charge in [-0.05, 0) is 24.0 Å². The molecule has 1 fully saturated rings. The Morgan fingerprint density at radius 1 is 1.32 bits per heavy atom. The van der Waals surface area contributed by atoms with Crippen LogP contribution in [0.2, 0.25) is 5.02 Å². The molecule has 2 atom stereocenters. The highest BCUT2D eigenvalue weighted by atomic mass is 35.5.